The van der Waals surface area contributed by atoms with Crippen LogP contribution in [0.25, 0.3) is 0 Å². The van der Waals surface area contributed by atoms with Crippen molar-refractivity contribution in [2.75, 3.05) is 13.7 Å². The van der Waals surface area contributed by atoms with Crippen molar-refractivity contribution in [3.63, 3.8) is 0 Å². The monoisotopic (exact) mass is 295 g/mol. The van der Waals surface area contributed by atoms with Gasteiger partial charge in [-0.15, -0.1) is 0 Å². The average molecular weight is 295 g/mol. The van der Waals surface area contributed by atoms with E-state index in [4.69, 9.17) is 4.74 Å². The van der Waals surface area contributed by atoms with Crippen LogP contribution in [-0.4, -0.2) is 13.7 Å². The van der Waals surface area contributed by atoms with Gasteiger partial charge in [0.25, 0.3) is 0 Å². The molecule has 0 radical (unpaired) electrons. The zero-order valence-electron chi connectivity index (χ0n) is 11.6. The highest BCUT2D eigenvalue weighted by Crippen LogP contribution is 2.17. The third-order valence-corrected chi connectivity index (χ3v) is 3.06. The fourth-order valence-electron chi connectivity index (χ4n) is 2.04. The molecule has 0 aromatic heterocycles. The van der Waals surface area contributed by atoms with Crippen molar-refractivity contribution in [1.82, 2.24) is 5.32 Å². The maximum absolute atomic E-state index is 13.5. The van der Waals surface area contributed by atoms with Crippen LogP contribution in [0.3, 0.4) is 0 Å². The van der Waals surface area contributed by atoms with Crippen molar-refractivity contribution in [2.45, 2.75) is 13.0 Å². The summed E-state index contributed by atoms with van der Waals surface area (Å²) < 4.78 is 44.3. The molecule has 0 aliphatic heterocycles. The minimum atomic E-state index is -0.581. The van der Waals surface area contributed by atoms with E-state index in [-0.39, 0.29) is 5.75 Å². The number of nitrogens with one attached hydrogen (secondary N) is 1. The van der Waals surface area contributed by atoms with E-state index in [0.29, 0.717) is 25.1 Å². The summed E-state index contributed by atoms with van der Waals surface area (Å²) in [5, 5.41) is 3.10. The normalized spacial score (nSPS) is 10.7. The van der Waals surface area contributed by atoms with Crippen LogP contribution in [0, 0.1) is 17.5 Å². The van der Waals surface area contributed by atoms with E-state index >= 15 is 0 Å². The molecule has 0 bridgehead atoms. The van der Waals surface area contributed by atoms with Gasteiger partial charge in [-0.2, -0.15) is 0 Å². The summed E-state index contributed by atoms with van der Waals surface area (Å²) in [4.78, 5) is 0. The van der Waals surface area contributed by atoms with Crippen LogP contribution in [-0.2, 0) is 13.0 Å². The topological polar surface area (TPSA) is 21.3 Å². The van der Waals surface area contributed by atoms with E-state index in [1.54, 1.807) is 12.1 Å². The molecule has 5 heteroatoms. The lowest BCUT2D eigenvalue weighted by Crippen LogP contribution is -2.17. The van der Waals surface area contributed by atoms with Crippen molar-refractivity contribution >= 4 is 0 Å². The van der Waals surface area contributed by atoms with Crippen LogP contribution in [0.2, 0.25) is 0 Å². The molecule has 0 saturated carbocycles. The molecule has 2 nitrogen and oxygen atoms in total. The number of hydrogen-bond donors (Lipinski definition) is 1. The van der Waals surface area contributed by atoms with Crippen molar-refractivity contribution in [3.05, 3.63) is 65.0 Å². The number of ether oxygens (including phenoxy) is 1. The number of rotatable bonds is 6. The Kier molecular flexibility index (Phi) is 5.22. The molecule has 2 rings (SSSR count). The lowest BCUT2D eigenvalue weighted by Gasteiger charge is -2.07. The van der Waals surface area contributed by atoms with E-state index in [1.807, 2.05) is 0 Å². The predicted molar refractivity (Wildman–Crippen MR) is 74.7 cm³/mol. The maximum atomic E-state index is 13.5. The predicted octanol–water partition coefficient (Wildman–Crippen LogP) is 3.44. The zero-order chi connectivity index (χ0) is 15.2. The lowest BCUT2D eigenvalue weighted by molar-refractivity contribution is 0.386. The van der Waals surface area contributed by atoms with Crippen LogP contribution in [0.4, 0.5) is 13.2 Å². The molecule has 0 fully saturated rings. The molecule has 0 aliphatic rings. The Bertz CT molecular complexity index is 596. The Labute approximate surface area is 121 Å². The highest BCUT2D eigenvalue weighted by atomic mass is 19.1. The summed E-state index contributed by atoms with van der Waals surface area (Å²) in [6.07, 6.45) is 0.493. The van der Waals surface area contributed by atoms with Gasteiger partial charge in [0.2, 0.25) is 0 Å². The van der Waals surface area contributed by atoms with Gasteiger partial charge in [0, 0.05) is 12.6 Å². The van der Waals surface area contributed by atoms with Crippen LogP contribution in [0.15, 0.2) is 36.4 Å². The standard InChI is InChI=1S/C16H16F3NO/c1-21-16-3-2-12(8-15(16)19)10-20-5-4-11-6-13(17)9-14(18)7-11/h2-3,6-9,20H,4-5,10H2,1H3. The molecule has 21 heavy (non-hydrogen) atoms. The Balaban J connectivity index is 1.83. The summed E-state index contributed by atoms with van der Waals surface area (Å²) in [6, 6.07) is 8.17. The smallest absolute Gasteiger partial charge is 0.165 e. The van der Waals surface area contributed by atoms with Crippen molar-refractivity contribution in [1.29, 1.82) is 0 Å². The first-order valence-corrected chi connectivity index (χ1v) is 6.56. The Hall–Kier alpha value is -2.01. The average Bonchev–Trinajstić information content (AvgIpc) is 2.43. The van der Waals surface area contributed by atoms with Gasteiger partial charge in [-0.25, -0.2) is 13.2 Å². The summed E-state index contributed by atoms with van der Waals surface area (Å²) in [7, 11) is 1.41. The summed E-state index contributed by atoms with van der Waals surface area (Å²) in [6.45, 7) is 1.01. The third-order valence-electron chi connectivity index (χ3n) is 3.06. The summed E-state index contributed by atoms with van der Waals surface area (Å²) in [5.41, 5.74) is 1.36. The summed E-state index contributed by atoms with van der Waals surface area (Å²) in [5.74, 6) is -1.37. The van der Waals surface area contributed by atoms with Gasteiger partial charge >= 0.3 is 0 Å². The number of methoxy groups -OCH3 is 1. The molecule has 2 aromatic carbocycles. The van der Waals surface area contributed by atoms with Crippen molar-refractivity contribution in [3.8, 4) is 5.75 Å². The molecular weight excluding hydrogens is 279 g/mol. The van der Waals surface area contributed by atoms with Gasteiger partial charge < -0.3 is 10.1 Å². The van der Waals surface area contributed by atoms with Gasteiger partial charge in [-0.05, 0) is 48.4 Å². The molecule has 1 N–H and O–H groups in total. The quantitative estimate of drug-likeness (QED) is 0.824. The van der Waals surface area contributed by atoms with E-state index in [0.717, 1.165) is 11.6 Å². The lowest BCUT2D eigenvalue weighted by atomic mass is 10.1. The third kappa shape index (κ3) is 4.49. The molecule has 112 valence electrons. The van der Waals surface area contributed by atoms with E-state index < -0.39 is 17.5 Å². The SMILES string of the molecule is COc1ccc(CNCCc2cc(F)cc(F)c2)cc1F. The Morgan fingerprint density at radius 1 is 0.952 bits per heavy atom. The second-order valence-electron chi connectivity index (χ2n) is 4.67. The number of benzene rings is 2. The first-order valence-electron chi connectivity index (χ1n) is 6.56. The number of hydrogen-bond acceptors (Lipinski definition) is 2. The van der Waals surface area contributed by atoms with Crippen molar-refractivity contribution < 1.29 is 17.9 Å². The molecular formula is C16H16F3NO. The molecule has 0 amide bonds. The van der Waals surface area contributed by atoms with Gasteiger partial charge in [-0.1, -0.05) is 6.07 Å². The Morgan fingerprint density at radius 3 is 2.29 bits per heavy atom. The zero-order valence-corrected chi connectivity index (χ0v) is 11.6. The van der Waals surface area contributed by atoms with Crippen LogP contribution < -0.4 is 10.1 Å². The van der Waals surface area contributed by atoms with E-state index in [2.05, 4.69) is 5.32 Å². The van der Waals surface area contributed by atoms with Crippen LogP contribution in [0.1, 0.15) is 11.1 Å². The molecule has 0 aliphatic carbocycles. The second kappa shape index (κ2) is 7.13. The maximum Gasteiger partial charge on any atom is 0.165 e. The first kappa shape index (κ1) is 15.4. The van der Waals surface area contributed by atoms with Crippen LogP contribution in [0.5, 0.6) is 5.75 Å². The molecule has 0 heterocycles. The molecule has 2 aromatic rings. The molecule has 0 saturated heterocycles. The summed E-state index contributed by atoms with van der Waals surface area (Å²) >= 11 is 0. The molecule has 0 atom stereocenters. The minimum Gasteiger partial charge on any atom is -0.494 e. The van der Waals surface area contributed by atoms with Gasteiger partial charge in [0.1, 0.15) is 11.6 Å². The largest absolute Gasteiger partial charge is 0.494 e. The van der Waals surface area contributed by atoms with Crippen LogP contribution >= 0.6 is 0 Å². The first-order chi connectivity index (χ1) is 10.1. The van der Waals surface area contributed by atoms with E-state index in [9.17, 15) is 13.2 Å². The fraction of sp³-hybridized carbons (Fsp3) is 0.250. The molecule has 0 unspecified atom stereocenters. The highest BCUT2D eigenvalue weighted by Gasteiger charge is 2.04. The minimum absolute atomic E-state index is 0.203. The van der Waals surface area contributed by atoms with Crippen molar-refractivity contribution in [2.24, 2.45) is 0 Å². The number of halogens is 3. The van der Waals surface area contributed by atoms with Gasteiger partial charge in [0.05, 0.1) is 7.11 Å². The Morgan fingerprint density at radius 2 is 1.67 bits per heavy atom. The highest BCUT2D eigenvalue weighted by molar-refractivity contribution is 5.29. The van der Waals surface area contributed by atoms with Gasteiger partial charge in [0.15, 0.2) is 11.6 Å². The molecule has 0 spiro atoms. The van der Waals surface area contributed by atoms with Gasteiger partial charge in [-0.3, -0.25) is 0 Å². The fourth-order valence-corrected chi connectivity index (χ4v) is 2.04. The van der Waals surface area contributed by atoms with E-state index in [1.165, 1.54) is 25.3 Å². The second-order valence-corrected chi connectivity index (χ2v) is 4.67.